The summed E-state index contributed by atoms with van der Waals surface area (Å²) in [5.74, 6) is -0.180. The predicted molar refractivity (Wildman–Crippen MR) is 106 cm³/mol. The highest BCUT2D eigenvalue weighted by molar-refractivity contribution is 6.21. The van der Waals surface area contributed by atoms with Crippen LogP contribution in [0.2, 0.25) is 0 Å². The van der Waals surface area contributed by atoms with Crippen LogP contribution >= 0.6 is 0 Å². The number of hydrogen-bond donors (Lipinski definition) is 1. The molecule has 0 spiro atoms. The van der Waals surface area contributed by atoms with Crippen LogP contribution in [-0.2, 0) is 10.2 Å². The van der Waals surface area contributed by atoms with Crippen LogP contribution < -0.4 is 10.6 Å². The largest absolute Gasteiger partial charge is 0.332 e. The lowest BCUT2D eigenvalue weighted by Crippen LogP contribution is -2.41. The van der Waals surface area contributed by atoms with Crippen LogP contribution in [0.4, 0.5) is 10.5 Å². The van der Waals surface area contributed by atoms with Crippen LogP contribution in [-0.4, -0.2) is 61.0 Å². The Morgan fingerprint density at radius 3 is 2.41 bits per heavy atom. The summed E-state index contributed by atoms with van der Waals surface area (Å²) < 4.78 is 0. The highest BCUT2D eigenvalue weighted by Crippen LogP contribution is 2.44. The molecular weight excluding hydrogens is 340 g/mol. The van der Waals surface area contributed by atoms with Crippen molar-refractivity contribution < 1.29 is 9.59 Å². The van der Waals surface area contributed by atoms with Crippen molar-refractivity contribution in [3.05, 3.63) is 29.8 Å². The second-order valence-electron chi connectivity index (χ2n) is 8.63. The van der Waals surface area contributed by atoms with E-state index in [0.717, 1.165) is 13.0 Å². The molecule has 27 heavy (non-hydrogen) atoms. The number of urea groups is 1. The van der Waals surface area contributed by atoms with Gasteiger partial charge in [0.2, 0.25) is 0 Å². The highest BCUT2D eigenvalue weighted by atomic mass is 16.2. The summed E-state index contributed by atoms with van der Waals surface area (Å²) in [6.45, 7) is 1.64. The molecule has 0 radical (unpaired) electrons. The number of imide groups is 1. The maximum atomic E-state index is 12.8. The van der Waals surface area contributed by atoms with Gasteiger partial charge in [0.25, 0.3) is 5.91 Å². The number of carbonyl (C=O) groups excluding carboxylic acids is 2. The second kappa shape index (κ2) is 6.91. The Labute approximate surface area is 161 Å². The number of benzene rings is 1. The molecule has 0 bridgehead atoms. The average molecular weight is 370 g/mol. The summed E-state index contributed by atoms with van der Waals surface area (Å²) in [4.78, 5) is 30.6. The lowest BCUT2D eigenvalue weighted by molar-refractivity contribution is -0.119. The molecule has 2 aliphatic heterocycles. The zero-order chi connectivity index (χ0) is 19.2. The smallest absolute Gasteiger partial charge is 0.325 e. The van der Waals surface area contributed by atoms with Crippen molar-refractivity contribution >= 4 is 17.6 Å². The number of nitrogens with two attached hydrogens (primary N) is 1. The highest BCUT2D eigenvalue weighted by Gasteiger charge is 2.51. The third-order valence-electron chi connectivity index (χ3n) is 6.69. The van der Waals surface area contributed by atoms with Gasteiger partial charge in [0.15, 0.2) is 0 Å². The van der Waals surface area contributed by atoms with Gasteiger partial charge in [-0.1, -0.05) is 25.0 Å². The first-order valence-corrected chi connectivity index (χ1v) is 10.1. The van der Waals surface area contributed by atoms with E-state index < -0.39 is 6.04 Å². The average Bonchev–Trinajstić information content (AvgIpc) is 3.33. The van der Waals surface area contributed by atoms with Crippen LogP contribution in [0.3, 0.4) is 0 Å². The molecule has 146 valence electrons. The first kappa shape index (κ1) is 18.4. The third-order valence-corrected chi connectivity index (χ3v) is 6.69. The minimum absolute atomic E-state index is 0.180. The molecule has 2 N–H and O–H groups in total. The van der Waals surface area contributed by atoms with Gasteiger partial charge in [0.05, 0.1) is 5.69 Å². The molecule has 1 aromatic rings. The Hall–Kier alpha value is -1.92. The molecule has 3 fully saturated rings. The van der Waals surface area contributed by atoms with Crippen LogP contribution in [0.15, 0.2) is 24.3 Å². The van der Waals surface area contributed by atoms with Gasteiger partial charge in [-0.2, -0.15) is 0 Å². The van der Waals surface area contributed by atoms with E-state index in [9.17, 15) is 9.59 Å². The zero-order valence-corrected chi connectivity index (χ0v) is 16.4. The zero-order valence-electron chi connectivity index (χ0n) is 16.4. The van der Waals surface area contributed by atoms with Gasteiger partial charge in [-0.3, -0.25) is 4.79 Å². The molecule has 3 amide bonds. The van der Waals surface area contributed by atoms with Crippen LogP contribution in [0.1, 0.15) is 44.1 Å². The van der Waals surface area contributed by atoms with Crippen LogP contribution in [0.5, 0.6) is 0 Å². The standard InChI is InChI=1S/C21H30N4O2/c1-23(2)14-12-21(10-3-4-11-21)15-5-7-16(8-6-15)25-19(26)18-17(22)9-13-24(18)20(25)27/h5-8,17-18H,3-4,9-14,22H2,1-2H3/t17-,18+/m1/s1. The summed E-state index contributed by atoms with van der Waals surface area (Å²) in [6.07, 6.45) is 6.81. The molecule has 0 aromatic heterocycles. The quantitative estimate of drug-likeness (QED) is 0.808. The van der Waals surface area contributed by atoms with Crippen molar-refractivity contribution in [3.63, 3.8) is 0 Å². The summed E-state index contributed by atoms with van der Waals surface area (Å²) in [6, 6.07) is 7.16. The number of anilines is 1. The fourth-order valence-corrected chi connectivity index (χ4v) is 5.08. The van der Waals surface area contributed by atoms with Gasteiger partial charge in [-0.25, -0.2) is 9.69 Å². The lowest BCUT2D eigenvalue weighted by atomic mass is 9.76. The normalized spacial score (nSPS) is 27.1. The van der Waals surface area contributed by atoms with Gasteiger partial charge < -0.3 is 15.5 Å². The van der Waals surface area contributed by atoms with E-state index in [1.165, 1.54) is 36.1 Å². The molecule has 4 rings (SSSR count). The van der Waals surface area contributed by atoms with Crippen molar-refractivity contribution in [3.8, 4) is 0 Å². The Kier molecular flexibility index (Phi) is 4.72. The first-order chi connectivity index (χ1) is 12.9. The number of hydrogen-bond acceptors (Lipinski definition) is 4. The first-order valence-electron chi connectivity index (χ1n) is 10.1. The molecular formula is C21H30N4O2. The molecule has 2 saturated heterocycles. The van der Waals surface area contributed by atoms with Gasteiger partial charge >= 0.3 is 6.03 Å². The summed E-state index contributed by atoms with van der Waals surface area (Å²) in [7, 11) is 4.24. The molecule has 3 aliphatic rings. The maximum Gasteiger partial charge on any atom is 0.332 e. The summed E-state index contributed by atoms with van der Waals surface area (Å²) in [5, 5.41) is 0. The van der Waals surface area contributed by atoms with E-state index in [4.69, 9.17) is 5.73 Å². The van der Waals surface area contributed by atoms with Crippen molar-refractivity contribution in [1.29, 1.82) is 0 Å². The summed E-state index contributed by atoms with van der Waals surface area (Å²) >= 11 is 0. The Balaban J connectivity index is 1.57. The molecule has 2 heterocycles. The fourth-order valence-electron chi connectivity index (χ4n) is 5.08. The minimum atomic E-state index is -0.488. The van der Waals surface area contributed by atoms with Crippen LogP contribution in [0, 0.1) is 0 Å². The van der Waals surface area contributed by atoms with Gasteiger partial charge in [-0.15, -0.1) is 0 Å². The number of amides is 3. The number of rotatable bonds is 5. The molecule has 1 aromatic carbocycles. The number of carbonyl (C=O) groups is 2. The number of fused-ring (bicyclic) bond motifs is 1. The molecule has 6 heteroatoms. The summed E-state index contributed by atoms with van der Waals surface area (Å²) in [5.41, 5.74) is 8.27. The Bertz CT molecular complexity index is 724. The van der Waals surface area contributed by atoms with Crippen molar-refractivity contribution in [2.75, 3.05) is 32.1 Å². The minimum Gasteiger partial charge on any atom is -0.325 e. The van der Waals surface area contributed by atoms with E-state index >= 15 is 0 Å². The third kappa shape index (κ3) is 3.05. The molecule has 2 atom stereocenters. The fraction of sp³-hybridized carbons (Fsp3) is 0.619. The van der Waals surface area contributed by atoms with Crippen LogP contribution in [0.25, 0.3) is 0 Å². The predicted octanol–water partition coefficient (Wildman–Crippen LogP) is 2.32. The molecule has 1 aliphatic carbocycles. The van der Waals surface area contributed by atoms with Crippen molar-refractivity contribution in [2.24, 2.45) is 5.73 Å². The Morgan fingerprint density at radius 2 is 1.81 bits per heavy atom. The van der Waals surface area contributed by atoms with E-state index in [1.807, 2.05) is 12.1 Å². The van der Waals surface area contributed by atoms with E-state index in [1.54, 1.807) is 4.90 Å². The van der Waals surface area contributed by atoms with Gasteiger partial charge in [0, 0.05) is 12.6 Å². The molecule has 0 unspecified atom stereocenters. The topological polar surface area (TPSA) is 69.9 Å². The number of nitrogens with zero attached hydrogens (tertiary/aromatic N) is 3. The van der Waals surface area contributed by atoms with E-state index in [2.05, 4.69) is 31.1 Å². The lowest BCUT2D eigenvalue weighted by Gasteiger charge is -2.31. The molecule has 6 nitrogen and oxygen atoms in total. The van der Waals surface area contributed by atoms with Gasteiger partial charge in [0.1, 0.15) is 6.04 Å². The monoisotopic (exact) mass is 370 g/mol. The van der Waals surface area contributed by atoms with E-state index in [0.29, 0.717) is 18.7 Å². The Morgan fingerprint density at radius 1 is 1.15 bits per heavy atom. The van der Waals surface area contributed by atoms with Crippen molar-refractivity contribution in [1.82, 2.24) is 9.80 Å². The second-order valence-corrected chi connectivity index (χ2v) is 8.63. The van der Waals surface area contributed by atoms with Crippen molar-refractivity contribution in [2.45, 2.75) is 56.0 Å². The SMILES string of the molecule is CN(C)CCC1(c2ccc(N3C(=O)[C@@H]4[C@H](N)CCN4C3=O)cc2)CCCC1. The van der Waals surface area contributed by atoms with Gasteiger partial charge in [-0.05, 0) is 69.4 Å². The maximum absolute atomic E-state index is 12.8. The van der Waals surface area contributed by atoms with E-state index in [-0.39, 0.29) is 23.4 Å². The molecule has 1 saturated carbocycles.